The van der Waals surface area contributed by atoms with E-state index in [0.29, 0.717) is 36.9 Å². The van der Waals surface area contributed by atoms with E-state index in [2.05, 4.69) is 22.5 Å². The Hall–Kier alpha value is -1.79. The van der Waals surface area contributed by atoms with Crippen molar-refractivity contribution in [2.45, 2.75) is 39.5 Å². The van der Waals surface area contributed by atoms with Crippen LogP contribution in [-0.4, -0.2) is 50.5 Å². The number of hydrogen-bond acceptors (Lipinski definition) is 4. The molecular weight excluding hydrogens is 378 g/mol. The molecule has 1 heterocycles. The highest BCUT2D eigenvalue weighted by atomic mass is 35.5. The number of carbonyl (C=O) groups excluding carboxylic acids is 2. The number of hydrogen-bond donors (Lipinski definition) is 2. The quantitative estimate of drug-likeness (QED) is 0.457. The molecule has 0 spiro atoms. The molecule has 1 aliphatic heterocycles. The highest BCUT2D eigenvalue weighted by Crippen LogP contribution is 2.28. The van der Waals surface area contributed by atoms with E-state index >= 15 is 0 Å². The van der Waals surface area contributed by atoms with Gasteiger partial charge < -0.3 is 20.3 Å². The fraction of sp³-hybridized carbons (Fsp3) is 0.619. The largest absolute Gasteiger partial charge is 0.382 e. The number of amides is 2. The van der Waals surface area contributed by atoms with Crippen LogP contribution in [0, 0.1) is 5.92 Å². The number of rotatable bonds is 10. The summed E-state index contributed by atoms with van der Waals surface area (Å²) in [7, 11) is 0. The number of anilines is 2. The molecule has 2 rings (SSSR count). The summed E-state index contributed by atoms with van der Waals surface area (Å²) in [5, 5.41) is 5.79. The molecule has 6 nitrogen and oxygen atoms in total. The third-order valence-electron chi connectivity index (χ3n) is 4.93. The highest BCUT2D eigenvalue weighted by molar-refractivity contribution is 6.19. The Balaban J connectivity index is 2.13. The van der Waals surface area contributed by atoms with E-state index < -0.39 is 0 Å². The van der Waals surface area contributed by atoms with Crippen LogP contribution in [0.3, 0.4) is 0 Å². The lowest BCUT2D eigenvalue weighted by Crippen LogP contribution is -2.35. The third kappa shape index (κ3) is 6.99. The number of halogens is 1. The molecule has 0 aliphatic carbocycles. The van der Waals surface area contributed by atoms with E-state index in [4.69, 9.17) is 16.3 Å². The lowest BCUT2D eigenvalue weighted by Gasteiger charge is -2.33. The molecule has 2 N–H and O–H groups in total. The molecule has 0 saturated carbocycles. The van der Waals surface area contributed by atoms with Gasteiger partial charge in [-0.1, -0.05) is 6.92 Å². The van der Waals surface area contributed by atoms with Crippen LogP contribution >= 0.6 is 11.6 Å². The van der Waals surface area contributed by atoms with E-state index in [1.54, 1.807) is 6.07 Å². The van der Waals surface area contributed by atoms with Crippen molar-refractivity contribution in [2.24, 2.45) is 5.92 Å². The minimum atomic E-state index is -0.155. The zero-order valence-electron chi connectivity index (χ0n) is 16.9. The first-order chi connectivity index (χ1) is 13.5. The minimum absolute atomic E-state index is 0.126. The second-order valence-electron chi connectivity index (χ2n) is 7.20. The van der Waals surface area contributed by atoms with Gasteiger partial charge in [-0.3, -0.25) is 9.59 Å². The molecule has 0 radical (unpaired) electrons. The molecule has 0 bridgehead atoms. The van der Waals surface area contributed by atoms with Gasteiger partial charge in [-0.25, -0.2) is 0 Å². The van der Waals surface area contributed by atoms with Crippen molar-refractivity contribution in [2.75, 3.05) is 48.9 Å². The second-order valence-corrected chi connectivity index (χ2v) is 7.57. The Morgan fingerprint density at radius 3 is 2.71 bits per heavy atom. The van der Waals surface area contributed by atoms with E-state index in [-0.39, 0.29) is 24.1 Å². The van der Waals surface area contributed by atoms with Crippen LogP contribution in [0.5, 0.6) is 0 Å². The molecule has 1 fully saturated rings. The standard InChI is InChI=1S/C21H32ClN3O3/c1-3-28-14-4-11-23-21(27)18-15-17(24-20(26)7-10-22)5-6-19(18)25-12-8-16(2)9-13-25/h5-6,15-16H,3-4,7-14H2,1-2H3,(H,23,27)(H,24,26). The maximum Gasteiger partial charge on any atom is 0.253 e. The van der Waals surface area contributed by atoms with Gasteiger partial charge in [0.05, 0.1) is 5.56 Å². The van der Waals surface area contributed by atoms with Crippen molar-refractivity contribution < 1.29 is 14.3 Å². The van der Waals surface area contributed by atoms with Crippen molar-refractivity contribution in [3.8, 4) is 0 Å². The van der Waals surface area contributed by atoms with E-state index in [1.807, 2.05) is 19.1 Å². The van der Waals surface area contributed by atoms with E-state index in [0.717, 1.165) is 38.0 Å². The number of piperidine rings is 1. The zero-order chi connectivity index (χ0) is 20.4. The number of nitrogens with zero attached hydrogens (tertiary/aromatic N) is 1. The maximum atomic E-state index is 12.9. The van der Waals surface area contributed by atoms with Crippen molar-refractivity contribution in [1.29, 1.82) is 0 Å². The molecular formula is C21H32ClN3O3. The maximum absolute atomic E-state index is 12.9. The molecule has 156 valence electrons. The molecule has 0 unspecified atom stereocenters. The fourth-order valence-electron chi connectivity index (χ4n) is 3.25. The van der Waals surface area contributed by atoms with Gasteiger partial charge in [0.15, 0.2) is 0 Å². The predicted molar refractivity (Wildman–Crippen MR) is 114 cm³/mol. The number of benzene rings is 1. The van der Waals surface area contributed by atoms with Crippen molar-refractivity contribution in [3.05, 3.63) is 23.8 Å². The average Bonchev–Trinajstić information content (AvgIpc) is 2.68. The van der Waals surface area contributed by atoms with Crippen molar-refractivity contribution >= 4 is 34.8 Å². The fourth-order valence-corrected chi connectivity index (χ4v) is 3.42. The first kappa shape index (κ1) is 22.5. The van der Waals surface area contributed by atoms with Crippen LogP contribution in [0.25, 0.3) is 0 Å². The second kappa shape index (κ2) is 11.9. The first-order valence-electron chi connectivity index (χ1n) is 10.2. The van der Waals surface area contributed by atoms with Gasteiger partial charge in [0.2, 0.25) is 5.91 Å². The summed E-state index contributed by atoms with van der Waals surface area (Å²) in [4.78, 5) is 27.0. The molecule has 0 aromatic heterocycles. The summed E-state index contributed by atoms with van der Waals surface area (Å²) < 4.78 is 5.32. The van der Waals surface area contributed by atoms with Crippen LogP contribution in [0.2, 0.25) is 0 Å². The van der Waals surface area contributed by atoms with Crippen molar-refractivity contribution in [3.63, 3.8) is 0 Å². The minimum Gasteiger partial charge on any atom is -0.382 e. The summed E-state index contributed by atoms with van der Waals surface area (Å²) in [6, 6.07) is 5.55. The van der Waals surface area contributed by atoms with Gasteiger partial charge in [-0.05, 0) is 50.3 Å². The SMILES string of the molecule is CCOCCCNC(=O)c1cc(NC(=O)CCCl)ccc1N1CCC(C)CC1. The monoisotopic (exact) mass is 409 g/mol. The number of ether oxygens (including phenoxy) is 1. The summed E-state index contributed by atoms with van der Waals surface area (Å²) in [5.74, 6) is 0.695. The Morgan fingerprint density at radius 1 is 1.29 bits per heavy atom. The topological polar surface area (TPSA) is 70.7 Å². The highest BCUT2D eigenvalue weighted by Gasteiger charge is 2.21. The number of alkyl halides is 1. The Morgan fingerprint density at radius 2 is 2.04 bits per heavy atom. The van der Waals surface area contributed by atoms with Crippen LogP contribution in [-0.2, 0) is 9.53 Å². The summed E-state index contributed by atoms with van der Waals surface area (Å²) in [6.07, 6.45) is 3.24. The van der Waals surface area contributed by atoms with E-state index in [9.17, 15) is 9.59 Å². The van der Waals surface area contributed by atoms with Crippen LogP contribution in [0.1, 0.15) is 49.9 Å². The Bertz CT molecular complexity index is 646. The first-order valence-corrected chi connectivity index (χ1v) is 10.7. The van der Waals surface area contributed by atoms with Crippen LogP contribution in [0.4, 0.5) is 11.4 Å². The van der Waals surface area contributed by atoms with Gasteiger partial charge in [-0.2, -0.15) is 0 Å². The average molecular weight is 410 g/mol. The Kier molecular flexibility index (Phi) is 9.58. The lowest BCUT2D eigenvalue weighted by atomic mass is 9.97. The van der Waals surface area contributed by atoms with Gasteiger partial charge in [0.25, 0.3) is 5.91 Å². The third-order valence-corrected chi connectivity index (χ3v) is 5.11. The van der Waals surface area contributed by atoms with Gasteiger partial charge in [0, 0.05) is 56.5 Å². The zero-order valence-corrected chi connectivity index (χ0v) is 17.7. The molecule has 1 aromatic rings. The molecule has 0 atom stereocenters. The van der Waals surface area contributed by atoms with Gasteiger partial charge >= 0.3 is 0 Å². The van der Waals surface area contributed by atoms with Crippen LogP contribution in [0.15, 0.2) is 18.2 Å². The summed E-state index contributed by atoms with van der Waals surface area (Å²) in [5.41, 5.74) is 2.13. The molecule has 2 amide bonds. The van der Waals surface area contributed by atoms with E-state index in [1.165, 1.54) is 0 Å². The predicted octanol–water partition coefficient (Wildman–Crippen LogP) is 3.65. The molecule has 7 heteroatoms. The Labute approximate surface area is 172 Å². The molecule has 1 saturated heterocycles. The molecule has 28 heavy (non-hydrogen) atoms. The lowest BCUT2D eigenvalue weighted by molar-refractivity contribution is -0.115. The molecule has 1 aliphatic rings. The van der Waals surface area contributed by atoms with Crippen molar-refractivity contribution in [1.82, 2.24) is 5.32 Å². The summed E-state index contributed by atoms with van der Waals surface area (Å²) >= 11 is 5.63. The van der Waals surface area contributed by atoms with Gasteiger partial charge in [-0.15, -0.1) is 11.6 Å². The smallest absolute Gasteiger partial charge is 0.253 e. The number of carbonyl (C=O) groups is 2. The van der Waals surface area contributed by atoms with Gasteiger partial charge in [0.1, 0.15) is 0 Å². The normalized spacial score (nSPS) is 14.8. The van der Waals surface area contributed by atoms with Crippen LogP contribution < -0.4 is 15.5 Å². The summed E-state index contributed by atoms with van der Waals surface area (Å²) in [6.45, 7) is 7.94. The molecule has 1 aromatic carbocycles. The number of nitrogens with one attached hydrogen (secondary N) is 2.